The lowest BCUT2D eigenvalue weighted by atomic mass is 10.0. The molecule has 0 spiro atoms. The van der Waals surface area contributed by atoms with Crippen LogP contribution in [0.5, 0.6) is 0 Å². The molecule has 38 heavy (non-hydrogen) atoms. The predicted octanol–water partition coefficient (Wildman–Crippen LogP) is 5.17. The van der Waals surface area contributed by atoms with Crippen LogP contribution in [0.15, 0.2) is 73.8 Å². The molecular formula is C29H30BN6O2. The summed E-state index contributed by atoms with van der Waals surface area (Å²) in [5, 5.41) is 3.37. The number of aromatic nitrogens is 4. The van der Waals surface area contributed by atoms with Crippen molar-refractivity contribution in [3.05, 3.63) is 85.0 Å². The van der Waals surface area contributed by atoms with Crippen molar-refractivity contribution >= 4 is 25.9 Å². The van der Waals surface area contributed by atoms with Crippen LogP contribution in [0.25, 0.3) is 22.3 Å². The average molecular weight is 505 g/mol. The van der Waals surface area contributed by atoms with Gasteiger partial charge in [0.25, 0.3) is 0 Å². The number of carbonyl (C=O) groups excluding carboxylic acids is 1. The van der Waals surface area contributed by atoms with E-state index in [2.05, 4.69) is 49.5 Å². The maximum atomic E-state index is 12.4. The molecule has 8 nitrogen and oxygen atoms in total. The maximum absolute atomic E-state index is 12.4. The summed E-state index contributed by atoms with van der Waals surface area (Å²) in [6.45, 7) is 7.32. The number of amides is 1. The van der Waals surface area contributed by atoms with Crippen LogP contribution in [-0.2, 0) is 17.6 Å². The van der Waals surface area contributed by atoms with E-state index in [-0.39, 0.29) is 14.5 Å². The van der Waals surface area contributed by atoms with Gasteiger partial charge in [-0.2, -0.15) is 0 Å². The summed E-state index contributed by atoms with van der Waals surface area (Å²) in [6.07, 6.45) is 11.9. The Morgan fingerprint density at radius 2 is 1.39 bits per heavy atom. The Balaban J connectivity index is 0.000000184. The van der Waals surface area contributed by atoms with Crippen molar-refractivity contribution in [2.24, 2.45) is 0 Å². The molecule has 2 aromatic carbocycles. The van der Waals surface area contributed by atoms with Gasteiger partial charge in [0.15, 0.2) is 0 Å². The first-order valence-electron chi connectivity index (χ1n) is 12.4. The van der Waals surface area contributed by atoms with Gasteiger partial charge in [-0.15, -0.1) is 0 Å². The molecule has 9 heteroatoms. The Hall–Kier alpha value is -4.27. The Bertz CT molecular complexity index is 1390. The van der Waals surface area contributed by atoms with Crippen LogP contribution >= 0.6 is 0 Å². The molecule has 0 unspecified atom stereocenters. The second-order valence-electron chi connectivity index (χ2n) is 10.0. The van der Waals surface area contributed by atoms with Crippen LogP contribution in [-0.4, -0.2) is 53.1 Å². The lowest BCUT2D eigenvalue weighted by molar-refractivity contribution is 0.0584. The number of anilines is 2. The van der Waals surface area contributed by atoms with Gasteiger partial charge in [-0.3, -0.25) is 4.90 Å². The summed E-state index contributed by atoms with van der Waals surface area (Å²) >= 11 is 0. The van der Waals surface area contributed by atoms with E-state index < -0.39 is 5.60 Å². The Labute approximate surface area is 225 Å². The third-order valence-corrected chi connectivity index (χ3v) is 6.20. The van der Waals surface area contributed by atoms with Crippen LogP contribution in [0.1, 0.15) is 31.9 Å². The lowest BCUT2D eigenvalue weighted by Gasteiger charge is -2.25. The summed E-state index contributed by atoms with van der Waals surface area (Å²) in [5.74, 6) is 0. The molecule has 2 aliphatic heterocycles. The fraction of sp³-hybridized carbons (Fsp3) is 0.276. The monoisotopic (exact) mass is 505 g/mol. The zero-order valence-electron chi connectivity index (χ0n) is 21.9. The summed E-state index contributed by atoms with van der Waals surface area (Å²) in [6, 6.07) is 12.6. The first kappa shape index (κ1) is 26.8. The largest absolute Gasteiger partial charge is 0.443 e. The molecule has 0 saturated carbocycles. The fourth-order valence-corrected chi connectivity index (χ4v) is 4.43. The van der Waals surface area contributed by atoms with Gasteiger partial charge in [0.05, 0.1) is 5.69 Å². The van der Waals surface area contributed by atoms with Gasteiger partial charge in [0, 0.05) is 63.1 Å². The van der Waals surface area contributed by atoms with Crippen molar-refractivity contribution in [1.29, 1.82) is 0 Å². The molecule has 0 saturated heterocycles. The van der Waals surface area contributed by atoms with Gasteiger partial charge < -0.3 is 10.1 Å². The molecule has 4 aromatic rings. The highest BCUT2D eigenvalue weighted by Crippen LogP contribution is 2.33. The Morgan fingerprint density at radius 1 is 0.816 bits per heavy atom. The normalized spacial score (nSPS) is 13.3. The van der Waals surface area contributed by atoms with Crippen LogP contribution in [0.2, 0.25) is 0 Å². The van der Waals surface area contributed by atoms with Crippen LogP contribution in [0.4, 0.5) is 16.2 Å². The Kier molecular flexibility index (Phi) is 8.05. The molecule has 2 aliphatic rings. The van der Waals surface area contributed by atoms with Crippen molar-refractivity contribution in [3.63, 3.8) is 0 Å². The molecular weight excluding hydrogens is 475 g/mol. The minimum Gasteiger partial charge on any atom is -0.443 e. The van der Waals surface area contributed by atoms with Gasteiger partial charge in [0.2, 0.25) is 0 Å². The van der Waals surface area contributed by atoms with Crippen molar-refractivity contribution in [3.8, 4) is 22.3 Å². The molecule has 1 N–H and O–H groups in total. The molecule has 0 atom stereocenters. The zero-order valence-corrected chi connectivity index (χ0v) is 21.9. The highest BCUT2D eigenvalue weighted by atomic mass is 16.6. The van der Waals surface area contributed by atoms with Crippen LogP contribution < -0.4 is 10.2 Å². The topological polar surface area (TPSA) is 93.1 Å². The van der Waals surface area contributed by atoms with Gasteiger partial charge in [-0.05, 0) is 68.0 Å². The smallest absolute Gasteiger partial charge is 0.414 e. The molecule has 4 heterocycles. The average Bonchev–Trinajstić information content (AvgIpc) is 3.55. The minimum atomic E-state index is -0.495. The number of hydrogen-bond donors (Lipinski definition) is 1. The van der Waals surface area contributed by atoms with E-state index in [9.17, 15) is 4.79 Å². The quantitative estimate of drug-likeness (QED) is 0.376. The molecule has 1 amide bonds. The second kappa shape index (κ2) is 11.4. The van der Waals surface area contributed by atoms with E-state index in [4.69, 9.17) is 4.74 Å². The highest BCUT2D eigenvalue weighted by Gasteiger charge is 2.29. The molecule has 3 radical (unpaired) electrons. The summed E-state index contributed by atoms with van der Waals surface area (Å²) in [5.41, 5.74) is 8.38. The first-order chi connectivity index (χ1) is 17.9. The first-order valence-corrected chi connectivity index (χ1v) is 12.4. The van der Waals surface area contributed by atoms with E-state index in [0.717, 1.165) is 47.3 Å². The number of hydrogen-bond acceptors (Lipinski definition) is 7. The molecule has 0 fully saturated rings. The van der Waals surface area contributed by atoms with Gasteiger partial charge >= 0.3 is 6.09 Å². The fourth-order valence-electron chi connectivity index (χ4n) is 4.43. The van der Waals surface area contributed by atoms with Crippen LogP contribution in [0.3, 0.4) is 0 Å². The predicted molar refractivity (Wildman–Crippen MR) is 150 cm³/mol. The minimum absolute atomic E-state index is 0. The Morgan fingerprint density at radius 3 is 2.00 bits per heavy atom. The van der Waals surface area contributed by atoms with Crippen molar-refractivity contribution in [1.82, 2.24) is 19.9 Å². The standard InChI is InChI=1S/C17H19N3O2.C12H11N3.B/c1-17(2,3)22-16(21)20-7-6-12-4-5-13(8-15(12)20)14-9-18-11-19-10-14;1-2-10(11-6-13-8-14-7-11)5-12-9(1)3-4-15-12;/h4-5,8-11H,6-7H2,1-3H3;1-2,5-8,15H,3-4H2;. The zero-order chi connectivity index (χ0) is 25.8. The lowest BCUT2D eigenvalue weighted by Crippen LogP contribution is -2.35. The molecule has 191 valence electrons. The van der Waals surface area contributed by atoms with E-state index in [1.165, 1.54) is 23.1 Å². The van der Waals surface area contributed by atoms with E-state index in [1.54, 1.807) is 23.6 Å². The van der Waals surface area contributed by atoms with E-state index in [0.29, 0.717) is 6.54 Å². The van der Waals surface area contributed by atoms with Crippen molar-refractivity contribution < 1.29 is 9.53 Å². The molecule has 6 rings (SSSR count). The third-order valence-electron chi connectivity index (χ3n) is 6.20. The maximum Gasteiger partial charge on any atom is 0.414 e. The number of ether oxygens (including phenoxy) is 1. The van der Waals surface area contributed by atoms with Crippen LogP contribution in [0, 0.1) is 0 Å². The van der Waals surface area contributed by atoms with E-state index >= 15 is 0 Å². The van der Waals surface area contributed by atoms with Crippen molar-refractivity contribution in [2.45, 2.75) is 39.2 Å². The molecule has 0 bridgehead atoms. The summed E-state index contributed by atoms with van der Waals surface area (Å²) in [4.78, 5) is 30.2. The number of fused-ring (bicyclic) bond motifs is 2. The van der Waals surface area contributed by atoms with Gasteiger partial charge in [-0.1, -0.05) is 24.3 Å². The number of nitrogens with zero attached hydrogens (tertiary/aromatic N) is 5. The number of benzene rings is 2. The second-order valence-corrected chi connectivity index (χ2v) is 10.0. The molecule has 2 aromatic heterocycles. The van der Waals surface area contributed by atoms with Crippen molar-refractivity contribution in [2.75, 3.05) is 23.3 Å². The third kappa shape index (κ3) is 6.16. The number of nitrogens with one attached hydrogen (secondary N) is 1. The summed E-state index contributed by atoms with van der Waals surface area (Å²) in [7, 11) is 0. The SMILES string of the molecule is CC(C)(C)OC(=O)N1CCc2ccc(-c3cncnc3)cc21.[B].c1ncc(-c2ccc3c(c2)NCC3)cn1. The number of rotatable bonds is 2. The van der Waals surface area contributed by atoms with Gasteiger partial charge in [0.1, 0.15) is 18.3 Å². The highest BCUT2D eigenvalue weighted by molar-refractivity contribution is 5.91. The van der Waals surface area contributed by atoms with E-state index in [1.807, 2.05) is 45.3 Å². The summed E-state index contributed by atoms with van der Waals surface area (Å²) < 4.78 is 5.49. The number of carbonyl (C=O) groups is 1. The molecule has 0 aliphatic carbocycles. The van der Waals surface area contributed by atoms with Gasteiger partial charge in [-0.25, -0.2) is 24.7 Å².